The standard InChI is InChI=1S/C32H39F2N5O2/c1-18-17-38(12-10-35-18)31(37-28-14-21-13-26(19(28)2)32(21,3)4)36-23-7-8-24-25(16-23)30(41)39(29(24)40)11-9-20-5-6-22(33)15-27(20)34/h5-8,15-16,18-19,21,26,28,35H,9-14,17H2,1-4H3,(H,36,37)/t18-,19+,21-,26-,28-/m0/s1. The highest BCUT2D eigenvalue weighted by Gasteiger charge is 2.56. The van der Waals surface area contributed by atoms with Gasteiger partial charge in [0, 0.05) is 44.0 Å². The Hall–Kier alpha value is -3.33. The molecule has 218 valence electrons. The Kier molecular flexibility index (Phi) is 7.12. The first-order valence-electron chi connectivity index (χ1n) is 14.8. The molecule has 7 rings (SSSR count). The lowest BCUT2D eigenvalue weighted by Crippen LogP contribution is -2.57. The van der Waals surface area contributed by atoms with Crippen molar-refractivity contribution in [1.82, 2.24) is 15.1 Å². The van der Waals surface area contributed by atoms with E-state index in [0.29, 0.717) is 46.0 Å². The number of nitrogens with one attached hydrogen (secondary N) is 2. The van der Waals surface area contributed by atoms with Gasteiger partial charge in [0.2, 0.25) is 0 Å². The Morgan fingerprint density at radius 2 is 1.85 bits per heavy atom. The van der Waals surface area contributed by atoms with E-state index in [9.17, 15) is 18.4 Å². The van der Waals surface area contributed by atoms with Crippen LogP contribution in [0.5, 0.6) is 0 Å². The van der Waals surface area contributed by atoms with Crippen LogP contribution in [0.1, 0.15) is 66.8 Å². The molecule has 0 unspecified atom stereocenters. The first-order chi connectivity index (χ1) is 19.5. The van der Waals surface area contributed by atoms with Crippen LogP contribution in [-0.2, 0) is 6.42 Å². The van der Waals surface area contributed by atoms with E-state index in [-0.39, 0.29) is 24.6 Å². The Bertz CT molecular complexity index is 1410. The van der Waals surface area contributed by atoms with Gasteiger partial charge in [-0.25, -0.2) is 13.8 Å². The van der Waals surface area contributed by atoms with Crippen LogP contribution in [0.2, 0.25) is 0 Å². The fourth-order valence-electron chi connectivity index (χ4n) is 7.43. The summed E-state index contributed by atoms with van der Waals surface area (Å²) >= 11 is 0. The van der Waals surface area contributed by atoms with E-state index in [0.717, 1.165) is 43.0 Å². The van der Waals surface area contributed by atoms with Crippen LogP contribution in [0.15, 0.2) is 41.4 Å². The average molecular weight is 564 g/mol. The van der Waals surface area contributed by atoms with E-state index < -0.39 is 23.4 Å². The summed E-state index contributed by atoms with van der Waals surface area (Å²) in [4.78, 5) is 35.1. The average Bonchev–Trinajstić information content (AvgIpc) is 3.17. The molecule has 0 spiro atoms. The molecular formula is C32H39F2N5O2. The summed E-state index contributed by atoms with van der Waals surface area (Å²) < 4.78 is 27.4. The number of amides is 2. The van der Waals surface area contributed by atoms with Crippen LogP contribution >= 0.6 is 0 Å². The number of guanidine groups is 1. The number of benzene rings is 2. The number of fused-ring (bicyclic) bond motifs is 3. The maximum Gasteiger partial charge on any atom is 0.261 e. The Balaban J connectivity index is 1.22. The molecule has 2 aromatic carbocycles. The molecule has 0 radical (unpaired) electrons. The van der Waals surface area contributed by atoms with Gasteiger partial charge in [-0.15, -0.1) is 0 Å². The highest BCUT2D eigenvalue weighted by atomic mass is 19.1. The van der Waals surface area contributed by atoms with Crippen molar-refractivity contribution in [2.75, 3.05) is 31.5 Å². The summed E-state index contributed by atoms with van der Waals surface area (Å²) in [6.07, 6.45) is 2.48. The number of nitrogens with zero attached hydrogens (tertiary/aromatic N) is 3. The minimum absolute atomic E-state index is 0.0152. The third-order valence-electron chi connectivity index (χ3n) is 10.1. The monoisotopic (exact) mass is 563 g/mol. The smallest absolute Gasteiger partial charge is 0.261 e. The van der Waals surface area contributed by atoms with Gasteiger partial charge < -0.3 is 15.5 Å². The number of carbonyl (C=O) groups excluding carboxylic acids is 2. The third kappa shape index (κ3) is 5.02. The Morgan fingerprint density at radius 3 is 2.56 bits per heavy atom. The molecule has 41 heavy (non-hydrogen) atoms. The number of halogens is 2. The lowest BCUT2D eigenvalue weighted by Gasteiger charge is -2.61. The van der Waals surface area contributed by atoms with Gasteiger partial charge in [0.25, 0.3) is 11.8 Å². The first kappa shape index (κ1) is 27.8. The predicted molar refractivity (Wildman–Crippen MR) is 155 cm³/mol. The maximum atomic E-state index is 14.1. The van der Waals surface area contributed by atoms with Gasteiger partial charge in [0.05, 0.1) is 17.2 Å². The summed E-state index contributed by atoms with van der Waals surface area (Å²) in [5.41, 5.74) is 1.99. The minimum atomic E-state index is -0.685. The van der Waals surface area contributed by atoms with Crippen LogP contribution in [0.4, 0.5) is 14.5 Å². The summed E-state index contributed by atoms with van der Waals surface area (Å²) in [5, 5.41) is 7.01. The highest BCUT2D eigenvalue weighted by molar-refractivity contribution is 6.22. The number of hydrogen-bond acceptors (Lipinski definition) is 4. The molecule has 0 aromatic heterocycles. The summed E-state index contributed by atoms with van der Waals surface area (Å²) in [6.45, 7) is 11.8. The largest absolute Gasteiger partial charge is 0.340 e. The van der Waals surface area contributed by atoms with Gasteiger partial charge >= 0.3 is 0 Å². The first-order valence-corrected chi connectivity index (χ1v) is 14.8. The molecule has 5 aliphatic rings. The zero-order chi connectivity index (χ0) is 29.1. The van der Waals surface area contributed by atoms with Crippen molar-refractivity contribution >= 4 is 23.5 Å². The number of hydrogen-bond donors (Lipinski definition) is 2. The molecule has 3 aliphatic carbocycles. The lowest BCUT2D eigenvalue weighted by molar-refractivity contribution is -0.108. The number of aliphatic imine (C=N–C) groups is 1. The molecule has 4 fully saturated rings. The lowest BCUT2D eigenvalue weighted by atomic mass is 9.45. The molecule has 2 aromatic rings. The van der Waals surface area contributed by atoms with Crippen LogP contribution in [-0.4, -0.2) is 65.8 Å². The molecular weight excluding hydrogens is 524 g/mol. The normalized spacial score (nSPS) is 28.9. The van der Waals surface area contributed by atoms with E-state index in [2.05, 4.69) is 43.2 Å². The summed E-state index contributed by atoms with van der Waals surface area (Å²) in [6, 6.07) is 9.11. The molecule has 2 amide bonds. The van der Waals surface area contributed by atoms with Gasteiger partial charge in [-0.3, -0.25) is 14.5 Å². The number of rotatable bonds is 5. The fraction of sp³-hybridized carbons (Fsp3) is 0.531. The van der Waals surface area contributed by atoms with Crippen LogP contribution in [0, 0.1) is 34.8 Å². The van der Waals surface area contributed by atoms with Gasteiger partial charge in [-0.05, 0) is 79.2 Å². The van der Waals surface area contributed by atoms with Crippen molar-refractivity contribution in [2.45, 2.75) is 59.0 Å². The zero-order valence-corrected chi connectivity index (χ0v) is 24.2. The fourth-order valence-corrected chi connectivity index (χ4v) is 7.43. The van der Waals surface area contributed by atoms with Crippen molar-refractivity contribution in [3.05, 3.63) is 64.7 Å². The van der Waals surface area contributed by atoms with Gasteiger partial charge in [0.15, 0.2) is 5.96 Å². The van der Waals surface area contributed by atoms with E-state index in [1.54, 1.807) is 12.1 Å². The SMILES string of the molecule is C[C@H]1[C@@H](N=C(Nc2ccc3c(c2)C(=O)N(CCc2ccc(F)cc2F)C3=O)N2CCN[C@@H](C)C2)C[C@@H]2C[C@@H]1C2(C)C. The summed E-state index contributed by atoms with van der Waals surface area (Å²) in [7, 11) is 0. The van der Waals surface area contributed by atoms with Gasteiger partial charge in [-0.2, -0.15) is 0 Å². The number of anilines is 1. The van der Waals surface area contributed by atoms with Crippen molar-refractivity contribution in [3.63, 3.8) is 0 Å². The van der Waals surface area contributed by atoms with E-state index in [4.69, 9.17) is 4.99 Å². The van der Waals surface area contributed by atoms with Gasteiger partial charge in [-0.1, -0.05) is 26.8 Å². The highest BCUT2D eigenvalue weighted by Crippen LogP contribution is 2.61. The van der Waals surface area contributed by atoms with Crippen molar-refractivity contribution in [3.8, 4) is 0 Å². The molecule has 3 saturated carbocycles. The number of carbonyl (C=O) groups is 2. The molecule has 2 N–H and O–H groups in total. The van der Waals surface area contributed by atoms with Crippen molar-refractivity contribution < 1.29 is 18.4 Å². The summed E-state index contributed by atoms with van der Waals surface area (Å²) in [5.74, 6) is 0.518. The topological polar surface area (TPSA) is 77.0 Å². The zero-order valence-electron chi connectivity index (χ0n) is 24.2. The van der Waals surface area contributed by atoms with Crippen LogP contribution in [0.3, 0.4) is 0 Å². The predicted octanol–water partition coefficient (Wildman–Crippen LogP) is 4.94. The molecule has 5 atom stereocenters. The second-order valence-electron chi connectivity index (χ2n) is 12.9. The van der Waals surface area contributed by atoms with Crippen molar-refractivity contribution in [1.29, 1.82) is 0 Å². The van der Waals surface area contributed by atoms with E-state index in [1.807, 2.05) is 6.07 Å². The van der Waals surface area contributed by atoms with Crippen LogP contribution < -0.4 is 10.6 Å². The number of piperazine rings is 1. The maximum absolute atomic E-state index is 14.1. The molecule has 2 heterocycles. The molecule has 9 heteroatoms. The molecule has 2 aliphatic heterocycles. The minimum Gasteiger partial charge on any atom is -0.340 e. The van der Waals surface area contributed by atoms with Crippen LogP contribution in [0.25, 0.3) is 0 Å². The Labute approximate surface area is 240 Å². The van der Waals surface area contributed by atoms with Gasteiger partial charge in [0.1, 0.15) is 11.6 Å². The molecule has 2 bridgehead atoms. The van der Waals surface area contributed by atoms with E-state index >= 15 is 0 Å². The second kappa shape index (κ2) is 10.5. The molecule has 1 saturated heterocycles. The molecule has 7 nitrogen and oxygen atoms in total. The third-order valence-corrected chi connectivity index (χ3v) is 10.1. The van der Waals surface area contributed by atoms with E-state index in [1.165, 1.54) is 18.6 Å². The Morgan fingerprint density at radius 1 is 1.07 bits per heavy atom. The quantitative estimate of drug-likeness (QED) is 0.306. The number of imide groups is 1. The second-order valence-corrected chi connectivity index (χ2v) is 12.9. The van der Waals surface area contributed by atoms with Crippen molar-refractivity contribution in [2.24, 2.45) is 28.2 Å².